The van der Waals surface area contributed by atoms with Crippen molar-refractivity contribution in [3.63, 3.8) is 0 Å². The molecule has 7 aromatic rings. The lowest BCUT2D eigenvalue weighted by atomic mass is 9.89. The largest absolute Gasteiger partial charge is 0.497 e. The van der Waals surface area contributed by atoms with E-state index in [1.807, 2.05) is 32.6 Å². The third-order valence-electron chi connectivity index (χ3n) is 14.0. The Morgan fingerprint density at radius 1 is 0.580 bits per heavy atom. The number of carbonyl (C=O) groups excluding carboxylic acids is 6. The van der Waals surface area contributed by atoms with Crippen molar-refractivity contribution in [2.45, 2.75) is 162 Å². The van der Waals surface area contributed by atoms with Gasteiger partial charge in [-0.1, -0.05) is 0 Å². The minimum absolute atomic E-state index is 0.143. The van der Waals surface area contributed by atoms with Crippen molar-refractivity contribution < 1.29 is 57.2 Å². The fraction of sp³-hybridized carbons (Fsp3) is 0.508. The number of nitrogens with zero attached hydrogens (tertiary/aromatic N) is 12. The quantitative estimate of drug-likeness (QED) is 0.0757. The molecule has 0 radical (unpaired) electrons. The van der Waals surface area contributed by atoms with Crippen LogP contribution in [0.5, 0.6) is 11.5 Å². The number of fused-ring (bicyclic) bond motifs is 2. The zero-order valence-electron chi connectivity index (χ0n) is 53.0. The fourth-order valence-corrected chi connectivity index (χ4v) is 10.1. The summed E-state index contributed by atoms with van der Waals surface area (Å²) in [6.45, 7) is 21.9. The van der Waals surface area contributed by atoms with Gasteiger partial charge in [-0.05, 0) is 121 Å². The molecule has 5 amide bonds. The van der Waals surface area contributed by atoms with Crippen LogP contribution in [-0.2, 0) is 49.2 Å². The molecule has 9 rings (SSSR count). The van der Waals surface area contributed by atoms with Crippen LogP contribution in [0.1, 0.15) is 138 Å². The summed E-state index contributed by atoms with van der Waals surface area (Å²) in [6.07, 6.45) is 10.7. The van der Waals surface area contributed by atoms with Crippen molar-refractivity contribution in [1.29, 1.82) is 0 Å². The van der Waals surface area contributed by atoms with Crippen LogP contribution in [0.2, 0.25) is 0 Å². The van der Waals surface area contributed by atoms with Crippen molar-refractivity contribution in [3.05, 3.63) is 84.5 Å². The van der Waals surface area contributed by atoms with Gasteiger partial charge in [0.15, 0.2) is 11.3 Å². The first-order valence-electron chi connectivity index (χ1n) is 29.0. The number of aryl methyl sites for hydroxylation is 2. The Balaban J connectivity index is 0.000000237. The molecule has 3 N–H and O–H groups in total. The van der Waals surface area contributed by atoms with Gasteiger partial charge in [0.1, 0.15) is 57.9 Å². The Labute approximate surface area is 510 Å². The second-order valence-corrected chi connectivity index (χ2v) is 25.7. The summed E-state index contributed by atoms with van der Waals surface area (Å²) in [7, 11) is 6.76. The van der Waals surface area contributed by atoms with Gasteiger partial charge >= 0.3 is 24.4 Å². The summed E-state index contributed by atoms with van der Waals surface area (Å²) >= 11 is 0. The number of carbonyl (C=O) groups is 6. The van der Waals surface area contributed by atoms with E-state index in [9.17, 15) is 28.8 Å². The summed E-state index contributed by atoms with van der Waals surface area (Å²) in [5.41, 5.74) is 3.14. The molecule has 0 aliphatic carbocycles. The molecule has 6 aromatic heterocycles. The van der Waals surface area contributed by atoms with E-state index >= 15 is 0 Å². The van der Waals surface area contributed by atoms with E-state index < -0.39 is 58.9 Å². The molecule has 2 aliphatic heterocycles. The number of hydrogen-bond donors (Lipinski definition) is 3. The number of rotatable bonds is 12. The predicted octanol–water partition coefficient (Wildman–Crippen LogP) is 9.45. The standard InChI is InChI=1S/C35H46N8O7.C26H35N7O5/c1-34(2,3)49-32(45)40-29-15-26(39-30-25(18-38-43(29)30)23-17-37-41(7)19-23)22-11-13-27(42(20-22)33(46)50-35(4,5)6)31(44)36-16-21-10-12-24(47-8)14-28(21)48-9;1-25(2,3)37-23(35)30-21-10-20(29-22-19(12-28-33(21)22)17-11-27-31(7)13-17)16-8-9-18(15-34)32(14-16)24(36)38-26(4,5)6/h10,12,14-15,17-19,22,27H,11,13,16,20H2,1-9H3,(H,36,44)(H,40,45);10-13,15-16,18H,8-9,14H2,1-7H3,(H,30,35)/t22-,27-;16-,18-/m00/s1. The lowest BCUT2D eigenvalue weighted by Crippen LogP contribution is -2.54. The average Bonchev–Trinajstić information content (AvgIpc) is 1.65. The van der Waals surface area contributed by atoms with Gasteiger partial charge in [0, 0.05) is 104 Å². The molecule has 8 heterocycles. The Morgan fingerprint density at radius 3 is 1.48 bits per heavy atom. The number of benzene rings is 1. The summed E-state index contributed by atoms with van der Waals surface area (Å²) in [5, 5.41) is 26.1. The number of methoxy groups -OCH3 is 2. The van der Waals surface area contributed by atoms with E-state index in [-0.39, 0.29) is 37.4 Å². The van der Waals surface area contributed by atoms with E-state index in [4.69, 9.17) is 38.4 Å². The van der Waals surface area contributed by atoms with E-state index in [2.05, 4.69) is 36.3 Å². The van der Waals surface area contributed by atoms with Gasteiger partial charge in [0.2, 0.25) is 5.91 Å². The van der Waals surface area contributed by atoms with Gasteiger partial charge in [-0.15, -0.1) is 0 Å². The first kappa shape index (κ1) is 64.7. The van der Waals surface area contributed by atoms with Crippen molar-refractivity contribution in [2.24, 2.45) is 14.1 Å². The zero-order chi connectivity index (χ0) is 64.2. The summed E-state index contributed by atoms with van der Waals surface area (Å²) < 4.78 is 39.6. The maximum absolute atomic E-state index is 13.7. The molecule has 472 valence electrons. The third-order valence-corrected chi connectivity index (χ3v) is 14.0. The minimum atomic E-state index is -0.797. The first-order chi connectivity index (χ1) is 41.3. The van der Waals surface area contributed by atoms with Gasteiger partial charge in [0.05, 0.1) is 56.4 Å². The number of ether oxygens (including phenoxy) is 6. The number of nitrogens with one attached hydrogen (secondary N) is 3. The number of likely N-dealkylation sites (tertiary alicyclic amines) is 2. The van der Waals surface area contributed by atoms with E-state index in [1.165, 1.54) is 14.3 Å². The highest BCUT2D eigenvalue weighted by molar-refractivity contribution is 5.88. The third kappa shape index (κ3) is 16.2. The van der Waals surface area contributed by atoms with Gasteiger partial charge in [-0.3, -0.25) is 34.6 Å². The molecule has 0 spiro atoms. The topological polar surface area (TPSA) is 296 Å². The molecule has 2 saturated heterocycles. The maximum atomic E-state index is 13.7. The number of anilines is 2. The zero-order valence-corrected chi connectivity index (χ0v) is 53.0. The Bertz CT molecular complexity index is 3690. The average molecular weight is 1220 g/mol. The predicted molar refractivity (Wildman–Crippen MR) is 325 cm³/mol. The molecule has 0 unspecified atom stereocenters. The molecule has 0 bridgehead atoms. The number of piperidine rings is 2. The van der Waals surface area contributed by atoms with Crippen LogP contribution >= 0.6 is 0 Å². The molecule has 2 aliphatic rings. The number of amides is 5. The Hall–Kier alpha value is -9.30. The number of aromatic nitrogens is 10. The van der Waals surface area contributed by atoms with Crippen LogP contribution < -0.4 is 25.4 Å². The van der Waals surface area contributed by atoms with Gasteiger partial charge in [-0.25, -0.2) is 29.1 Å². The van der Waals surface area contributed by atoms with Gasteiger partial charge in [0.25, 0.3) is 0 Å². The first-order valence-corrected chi connectivity index (χ1v) is 29.0. The van der Waals surface area contributed by atoms with Gasteiger partial charge in [-0.2, -0.15) is 29.4 Å². The van der Waals surface area contributed by atoms with Crippen LogP contribution in [0.15, 0.2) is 67.5 Å². The Kier molecular flexibility index (Phi) is 19.1. The molecule has 4 atom stereocenters. The summed E-state index contributed by atoms with van der Waals surface area (Å²) in [6, 6.07) is 7.44. The van der Waals surface area contributed by atoms with Crippen molar-refractivity contribution in [1.82, 2.24) is 63.9 Å². The second kappa shape index (κ2) is 26.0. The molecule has 1 aromatic carbocycles. The fourth-order valence-electron chi connectivity index (χ4n) is 10.1. The molecule has 27 heteroatoms. The van der Waals surface area contributed by atoms with Crippen LogP contribution in [-0.4, -0.2) is 157 Å². The van der Waals surface area contributed by atoms with Gasteiger partial charge < -0.3 is 38.5 Å². The molecule has 0 saturated carbocycles. The highest BCUT2D eigenvalue weighted by Gasteiger charge is 2.40. The normalized spacial score (nSPS) is 17.3. The molecule has 88 heavy (non-hydrogen) atoms. The molecule has 27 nitrogen and oxygen atoms in total. The van der Waals surface area contributed by atoms with Crippen LogP contribution in [0.4, 0.5) is 30.8 Å². The monoisotopic (exact) mass is 1220 g/mol. The van der Waals surface area contributed by atoms with E-state index in [1.54, 1.807) is 160 Å². The SMILES string of the molecule is COc1ccc(CNC(=O)[C@@H]2CC[C@H](c3cc(NC(=O)OC(C)(C)C)n4ncc(-c5cnn(C)c5)c4n3)CN2C(=O)OC(C)(C)C)c(OC)c1.Cn1cc(-c2cnn3c(NC(=O)OC(C)(C)C)cc([C@H]4CC[C@@H](C=O)N(C(=O)OC(C)(C)C)C4)nc23)cn1. The van der Waals surface area contributed by atoms with Crippen molar-refractivity contribution >= 4 is 59.5 Å². The highest BCUT2D eigenvalue weighted by Crippen LogP contribution is 2.37. The lowest BCUT2D eigenvalue weighted by Gasteiger charge is -2.39. The smallest absolute Gasteiger partial charge is 0.413 e. The van der Waals surface area contributed by atoms with Crippen LogP contribution in [0, 0.1) is 0 Å². The summed E-state index contributed by atoms with van der Waals surface area (Å²) in [4.78, 5) is 90.6. The van der Waals surface area contributed by atoms with Crippen molar-refractivity contribution in [3.8, 4) is 33.8 Å². The van der Waals surface area contributed by atoms with E-state index in [0.717, 1.165) is 28.5 Å². The molecule has 2 fully saturated rings. The minimum Gasteiger partial charge on any atom is -0.497 e. The second-order valence-electron chi connectivity index (χ2n) is 25.7. The number of aldehydes is 1. The summed E-state index contributed by atoms with van der Waals surface area (Å²) in [5.74, 6) is 1.07. The number of hydrogen-bond acceptors (Lipinski definition) is 18. The van der Waals surface area contributed by atoms with Crippen LogP contribution in [0.25, 0.3) is 33.5 Å². The highest BCUT2D eigenvalue weighted by atomic mass is 16.6. The molecular formula is C61H81N15O12. The van der Waals surface area contributed by atoms with Crippen LogP contribution in [0.3, 0.4) is 0 Å². The molecular weight excluding hydrogens is 1130 g/mol. The van der Waals surface area contributed by atoms with Crippen molar-refractivity contribution in [2.75, 3.05) is 37.9 Å². The maximum Gasteiger partial charge on any atom is 0.413 e. The Morgan fingerprint density at radius 2 is 1.05 bits per heavy atom. The lowest BCUT2D eigenvalue weighted by molar-refractivity contribution is -0.128. The van der Waals surface area contributed by atoms with E-state index in [0.29, 0.717) is 77.1 Å².